The molecule has 0 aromatic heterocycles. The highest BCUT2D eigenvalue weighted by Crippen LogP contribution is 1.75. The number of hydrogen-bond acceptors (Lipinski definition) is 4. The quantitative estimate of drug-likeness (QED) is 0.256. The van der Waals surface area contributed by atoms with Gasteiger partial charge in [-0.25, -0.2) is 0 Å². The van der Waals surface area contributed by atoms with Crippen LogP contribution in [0.4, 0.5) is 0 Å². The van der Waals surface area contributed by atoms with E-state index in [4.69, 9.17) is 4.74 Å². The normalized spacial score (nSPS) is 18.0. The van der Waals surface area contributed by atoms with Gasteiger partial charge in [0.2, 0.25) is 0 Å². The van der Waals surface area contributed by atoms with Gasteiger partial charge in [0.1, 0.15) is 0 Å². The third-order valence-corrected chi connectivity index (χ3v) is 0.627. The van der Waals surface area contributed by atoms with Crippen LogP contribution in [0.2, 0.25) is 0 Å². The van der Waals surface area contributed by atoms with Gasteiger partial charge in [-0.2, -0.15) is 0 Å². The fourth-order valence-electron chi connectivity index (χ4n) is 0.361. The van der Waals surface area contributed by atoms with Crippen LogP contribution in [0.5, 0.6) is 0 Å². The molecule has 7 heavy (non-hydrogen) atoms. The molecule has 0 radical (unpaired) electrons. The molecule has 1 saturated heterocycles. The van der Waals surface area contributed by atoms with Crippen molar-refractivity contribution in [3.8, 4) is 0 Å². The van der Waals surface area contributed by atoms with Crippen molar-refractivity contribution < 1.29 is 4.74 Å². The highest BCUT2D eigenvalue weighted by atomic mass is 16.5. The molecule has 0 saturated carbocycles. The molecule has 0 aromatic rings. The molecular formula is C3H11N3O. The number of nitrogens with one attached hydrogen (secondary N) is 1. The van der Waals surface area contributed by atoms with E-state index < -0.39 is 0 Å². The maximum atomic E-state index is 4.83. The molecule has 0 amide bonds. The van der Waals surface area contributed by atoms with Crippen molar-refractivity contribution in [2.45, 2.75) is 0 Å². The van der Waals surface area contributed by atoms with Crippen molar-refractivity contribution in [1.82, 2.24) is 5.32 Å². The van der Waals surface area contributed by atoms with E-state index in [9.17, 15) is 0 Å². The van der Waals surface area contributed by atoms with Crippen LogP contribution in [0.15, 0.2) is 0 Å². The molecule has 5 N–H and O–H groups in total. The Labute approximate surface area is 42.8 Å². The van der Waals surface area contributed by atoms with E-state index in [-0.39, 0.29) is 0 Å². The Morgan fingerprint density at radius 3 is 2.29 bits per heavy atom. The van der Waals surface area contributed by atoms with Crippen LogP contribution in [-0.2, 0) is 4.74 Å². The van der Waals surface area contributed by atoms with Crippen LogP contribution >= 0.6 is 0 Å². The minimum Gasteiger partial charge on any atom is -0.365 e. The molecule has 0 aliphatic carbocycles. The molecule has 4 nitrogen and oxygen atoms in total. The van der Waals surface area contributed by atoms with E-state index in [0.717, 1.165) is 19.9 Å². The highest BCUT2D eigenvalue weighted by molar-refractivity contribution is 4.43. The molecule has 4 heteroatoms. The highest BCUT2D eigenvalue weighted by Gasteiger charge is 1.92. The molecule has 1 fully saturated rings. The number of nitrogens with two attached hydrogens (primary N) is 2. The first-order valence-electron chi connectivity index (χ1n) is 2.12. The van der Waals surface area contributed by atoms with E-state index in [1.807, 2.05) is 0 Å². The summed E-state index contributed by atoms with van der Waals surface area (Å²) in [6, 6.07) is 0. The van der Waals surface area contributed by atoms with E-state index in [1.165, 1.54) is 0 Å². The number of hydrazine groups is 1. The Morgan fingerprint density at radius 1 is 1.43 bits per heavy atom. The fourth-order valence-corrected chi connectivity index (χ4v) is 0.361. The molecule has 0 aromatic carbocycles. The Morgan fingerprint density at radius 2 is 2.14 bits per heavy atom. The van der Waals surface area contributed by atoms with Crippen molar-refractivity contribution in [2.24, 2.45) is 11.7 Å². The van der Waals surface area contributed by atoms with Gasteiger partial charge in [0.05, 0.1) is 13.3 Å². The first kappa shape index (κ1) is 6.84. The summed E-state index contributed by atoms with van der Waals surface area (Å²) in [4.78, 5) is 0. The van der Waals surface area contributed by atoms with Gasteiger partial charge in [0.15, 0.2) is 0 Å². The summed E-state index contributed by atoms with van der Waals surface area (Å²) >= 11 is 0. The van der Waals surface area contributed by atoms with Crippen LogP contribution in [0, 0.1) is 0 Å². The third kappa shape index (κ3) is 3.68. The molecule has 1 aliphatic rings. The lowest BCUT2D eigenvalue weighted by Gasteiger charge is -1.76. The Kier molecular flexibility index (Phi) is 5.71. The van der Waals surface area contributed by atoms with Gasteiger partial charge in [-0.3, -0.25) is 17.0 Å². The monoisotopic (exact) mass is 105 g/mol. The second-order valence-electron chi connectivity index (χ2n) is 1.05. The summed E-state index contributed by atoms with van der Waals surface area (Å²) in [7, 11) is 0. The van der Waals surface area contributed by atoms with Gasteiger partial charge >= 0.3 is 0 Å². The Hall–Kier alpha value is -0.160. The van der Waals surface area contributed by atoms with Crippen LogP contribution in [0.25, 0.3) is 0 Å². The maximum Gasteiger partial charge on any atom is 0.0966 e. The summed E-state index contributed by atoms with van der Waals surface area (Å²) < 4.78 is 4.83. The van der Waals surface area contributed by atoms with Gasteiger partial charge in [-0.1, -0.05) is 0 Å². The third-order valence-electron chi connectivity index (χ3n) is 0.627. The molecule has 1 heterocycles. The van der Waals surface area contributed by atoms with Crippen molar-refractivity contribution in [2.75, 3.05) is 19.9 Å². The van der Waals surface area contributed by atoms with E-state index in [1.54, 1.807) is 0 Å². The van der Waals surface area contributed by atoms with Crippen molar-refractivity contribution in [3.63, 3.8) is 0 Å². The van der Waals surface area contributed by atoms with Gasteiger partial charge in [0, 0.05) is 6.54 Å². The van der Waals surface area contributed by atoms with Crippen LogP contribution < -0.4 is 17.0 Å². The van der Waals surface area contributed by atoms with Crippen molar-refractivity contribution in [3.05, 3.63) is 0 Å². The van der Waals surface area contributed by atoms with Gasteiger partial charge < -0.3 is 4.74 Å². The molecule has 44 valence electrons. The second kappa shape index (κ2) is 5.84. The Bertz CT molecular complexity index is 21.8. The second-order valence-corrected chi connectivity index (χ2v) is 1.05. The smallest absolute Gasteiger partial charge is 0.0966 e. The lowest BCUT2D eigenvalue weighted by Crippen LogP contribution is -2.05. The first-order chi connectivity index (χ1) is 3.50. The average molecular weight is 105 g/mol. The summed E-state index contributed by atoms with van der Waals surface area (Å²) in [5.41, 5.74) is 0. The lowest BCUT2D eigenvalue weighted by atomic mass is 10.7. The summed E-state index contributed by atoms with van der Waals surface area (Å²) in [5, 5.41) is 3.00. The minimum absolute atomic E-state index is 0.750. The number of ether oxygens (including phenoxy) is 1. The van der Waals surface area contributed by atoms with E-state index >= 15 is 0 Å². The minimum atomic E-state index is 0.750. The largest absolute Gasteiger partial charge is 0.365 e. The van der Waals surface area contributed by atoms with Gasteiger partial charge in [0.25, 0.3) is 0 Å². The van der Waals surface area contributed by atoms with Gasteiger partial charge in [-0.15, -0.1) is 0 Å². The molecular weight excluding hydrogens is 94.1 g/mol. The predicted molar refractivity (Wildman–Crippen MR) is 27.2 cm³/mol. The lowest BCUT2D eigenvalue weighted by molar-refractivity contribution is 0.194. The van der Waals surface area contributed by atoms with Gasteiger partial charge in [-0.05, 0) is 0 Å². The standard InChI is InChI=1S/C3H7NO.H4N2/c1-2-5-3-4-1;1-2/h4H,1-3H2;1-2H2. The molecule has 1 aliphatic heterocycles. The average Bonchev–Trinajstić information content (AvgIpc) is 2.23. The molecule has 0 spiro atoms. The van der Waals surface area contributed by atoms with Crippen molar-refractivity contribution >= 4 is 0 Å². The van der Waals surface area contributed by atoms with Crippen LogP contribution in [-0.4, -0.2) is 19.9 Å². The number of rotatable bonds is 0. The molecule has 0 bridgehead atoms. The molecule has 0 atom stereocenters. The SMILES string of the molecule is C1COCN1.NN. The van der Waals surface area contributed by atoms with Crippen molar-refractivity contribution in [1.29, 1.82) is 0 Å². The van der Waals surface area contributed by atoms with Crippen LogP contribution in [0.1, 0.15) is 0 Å². The zero-order valence-electron chi connectivity index (χ0n) is 4.18. The zero-order valence-corrected chi connectivity index (χ0v) is 4.18. The maximum absolute atomic E-state index is 4.83. The first-order valence-corrected chi connectivity index (χ1v) is 2.12. The predicted octanol–water partition coefficient (Wildman–Crippen LogP) is -1.62. The van der Waals surface area contributed by atoms with E-state index in [2.05, 4.69) is 17.0 Å². The van der Waals surface area contributed by atoms with E-state index in [0.29, 0.717) is 0 Å². The summed E-state index contributed by atoms with van der Waals surface area (Å²) in [5.74, 6) is 8.00. The van der Waals surface area contributed by atoms with Crippen LogP contribution in [0.3, 0.4) is 0 Å². The topological polar surface area (TPSA) is 73.3 Å². The molecule has 1 rings (SSSR count). The fraction of sp³-hybridized carbons (Fsp3) is 1.00. The zero-order chi connectivity index (χ0) is 5.54. The summed E-state index contributed by atoms with van der Waals surface area (Å²) in [6.07, 6.45) is 0. The number of hydrogen-bond donors (Lipinski definition) is 3. The molecule has 0 unspecified atom stereocenters. The summed E-state index contributed by atoms with van der Waals surface area (Å²) in [6.45, 7) is 2.67. The Balaban J connectivity index is 0.000000162.